The quantitative estimate of drug-likeness (QED) is 0.418. The van der Waals surface area contributed by atoms with E-state index in [9.17, 15) is 9.59 Å². The molecule has 0 aliphatic carbocycles. The van der Waals surface area contributed by atoms with Crippen LogP contribution in [0.5, 0.6) is 5.75 Å². The maximum atomic E-state index is 12.0. The second-order valence-corrected chi connectivity index (χ2v) is 5.52. The van der Waals surface area contributed by atoms with Gasteiger partial charge in [0.1, 0.15) is 5.75 Å². The van der Waals surface area contributed by atoms with Gasteiger partial charge in [0.2, 0.25) is 5.91 Å². The monoisotopic (exact) mass is 378 g/mol. The zero-order valence-electron chi connectivity index (χ0n) is 14.6. The van der Waals surface area contributed by atoms with Crippen molar-refractivity contribution in [3.63, 3.8) is 0 Å². The van der Waals surface area contributed by atoms with Gasteiger partial charge >= 0.3 is 5.97 Å². The van der Waals surface area contributed by atoms with Gasteiger partial charge in [-0.3, -0.25) is 9.59 Å². The van der Waals surface area contributed by atoms with Crippen molar-refractivity contribution >= 4 is 35.7 Å². The number of anilines is 2. The largest absolute Gasteiger partial charge is 0.494 e. The van der Waals surface area contributed by atoms with E-state index in [0.29, 0.717) is 36.6 Å². The van der Waals surface area contributed by atoms with Crippen molar-refractivity contribution < 1.29 is 19.1 Å². The van der Waals surface area contributed by atoms with Crippen LogP contribution >= 0.6 is 12.4 Å². The number of hydrogen-bond donors (Lipinski definition) is 2. The normalized spacial score (nSPS) is 9.73. The molecule has 0 radical (unpaired) electrons. The molecule has 0 saturated heterocycles. The summed E-state index contributed by atoms with van der Waals surface area (Å²) in [5.74, 6) is 0.334. The molecule has 26 heavy (non-hydrogen) atoms. The van der Waals surface area contributed by atoms with Crippen LogP contribution in [0.4, 0.5) is 11.4 Å². The Kier molecular flexibility index (Phi) is 9.01. The molecule has 0 fully saturated rings. The van der Waals surface area contributed by atoms with Gasteiger partial charge in [-0.05, 0) is 48.4 Å². The molecule has 3 N–H and O–H groups in total. The van der Waals surface area contributed by atoms with Crippen LogP contribution in [-0.4, -0.2) is 25.6 Å². The Labute approximate surface area is 159 Å². The molecule has 0 spiro atoms. The van der Waals surface area contributed by atoms with Crippen molar-refractivity contribution in [2.24, 2.45) is 0 Å². The summed E-state index contributed by atoms with van der Waals surface area (Å²) >= 11 is 0. The van der Waals surface area contributed by atoms with Crippen LogP contribution in [0.3, 0.4) is 0 Å². The standard InChI is InChI=1S/C19H22N2O4.ClH/c1-24-19(23)3-2-12-25-17-10-8-16(9-11-17)21-18(22)13-14-4-6-15(20)7-5-14;/h4-11H,2-3,12-13,20H2,1H3,(H,21,22);1H. The Balaban J connectivity index is 0.00000338. The van der Waals surface area contributed by atoms with Crippen molar-refractivity contribution in [3.05, 3.63) is 54.1 Å². The zero-order chi connectivity index (χ0) is 18.1. The first-order valence-electron chi connectivity index (χ1n) is 8.01. The number of amides is 1. The number of ether oxygens (including phenoxy) is 2. The minimum atomic E-state index is -0.247. The summed E-state index contributed by atoms with van der Waals surface area (Å²) in [6.07, 6.45) is 1.20. The van der Waals surface area contributed by atoms with Gasteiger partial charge in [-0.1, -0.05) is 12.1 Å². The molecule has 0 saturated carbocycles. The summed E-state index contributed by atoms with van der Waals surface area (Å²) in [6.45, 7) is 0.429. The van der Waals surface area contributed by atoms with Crippen molar-refractivity contribution in [1.82, 2.24) is 0 Å². The Morgan fingerprint density at radius 1 is 1.04 bits per heavy atom. The van der Waals surface area contributed by atoms with E-state index in [2.05, 4.69) is 10.1 Å². The maximum absolute atomic E-state index is 12.0. The molecule has 0 bridgehead atoms. The van der Waals surface area contributed by atoms with Crippen molar-refractivity contribution in [3.8, 4) is 5.75 Å². The molecular formula is C19H23ClN2O4. The van der Waals surface area contributed by atoms with E-state index in [4.69, 9.17) is 10.5 Å². The van der Waals surface area contributed by atoms with Gasteiger partial charge in [-0.25, -0.2) is 0 Å². The van der Waals surface area contributed by atoms with Crippen LogP contribution < -0.4 is 15.8 Å². The summed E-state index contributed by atoms with van der Waals surface area (Å²) in [7, 11) is 1.36. The molecule has 0 atom stereocenters. The van der Waals surface area contributed by atoms with Crippen LogP contribution in [0.25, 0.3) is 0 Å². The summed E-state index contributed by atoms with van der Waals surface area (Å²) in [5, 5.41) is 2.84. The summed E-state index contributed by atoms with van der Waals surface area (Å²) in [6, 6.07) is 14.3. The lowest BCUT2D eigenvalue weighted by molar-refractivity contribution is -0.140. The van der Waals surface area contributed by atoms with Gasteiger partial charge in [0.25, 0.3) is 0 Å². The van der Waals surface area contributed by atoms with Crippen LogP contribution in [0, 0.1) is 0 Å². The number of carbonyl (C=O) groups excluding carboxylic acids is 2. The number of carbonyl (C=O) groups is 2. The maximum Gasteiger partial charge on any atom is 0.305 e. The summed E-state index contributed by atoms with van der Waals surface area (Å²) < 4.78 is 10.1. The molecule has 6 nitrogen and oxygen atoms in total. The average molecular weight is 379 g/mol. The fourth-order valence-electron chi connectivity index (χ4n) is 2.17. The van der Waals surface area contributed by atoms with Gasteiger partial charge in [0.15, 0.2) is 0 Å². The number of halogens is 1. The highest BCUT2D eigenvalue weighted by Gasteiger charge is 2.05. The Bertz CT molecular complexity index is 702. The molecule has 2 rings (SSSR count). The molecule has 0 aromatic heterocycles. The minimum absolute atomic E-state index is 0. The van der Waals surface area contributed by atoms with E-state index < -0.39 is 0 Å². The molecular weight excluding hydrogens is 356 g/mol. The zero-order valence-corrected chi connectivity index (χ0v) is 15.4. The lowest BCUT2D eigenvalue weighted by atomic mass is 10.1. The lowest BCUT2D eigenvalue weighted by Crippen LogP contribution is -2.14. The summed E-state index contributed by atoms with van der Waals surface area (Å²) in [4.78, 5) is 23.0. The third kappa shape index (κ3) is 7.44. The fourth-order valence-corrected chi connectivity index (χ4v) is 2.17. The summed E-state index contributed by atoms with van der Waals surface area (Å²) in [5.41, 5.74) is 7.89. The Hall–Kier alpha value is -2.73. The van der Waals surface area contributed by atoms with Crippen molar-refractivity contribution in [2.45, 2.75) is 19.3 Å². The highest BCUT2D eigenvalue weighted by atomic mass is 35.5. The van der Waals surface area contributed by atoms with E-state index in [1.54, 1.807) is 36.4 Å². The first-order chi connectivity index (χ1) is 12.1. The second kappa shape index (κ2) is 11.0. The fraction of sp³-hybridized carbons (Fsp3) is 0.263. The van der Waals surface area contributed by atoms with E-state index in [0.717, 1.165) is 5.56 Å². The van der Waals surface area contributed by atoms with E-state index in [1.807, 2.05) is 12.1 Å². The highest BCUT2D eigenvalue weighted by Crippen LogP contribution is 2.16. The Morgan fingerprint density at radius 3 is 2.31 bits per heavy atom. The molecule has 0 unspecified atom stereocenters. The first-order valence-corrected chi connectivity index (χ1v) is 8.01. The van der Waals surface area contributed by atoms with Gasteiger partial charge in [-0.15, -0.1) is 12.4 Å². The molecule has 0 aliphatic rings. The highest BCUT2D eigenvalue weighted by molar-refractivity contribution is 5.92. The van der Waals surface area contributed by atoms with Crippen molar-refractivity contribution in [1.29, 1.82) is 0 Å². The Morgan fingerprint density at radius 2 is 1.69 bits per heavy atom. The number of nitrogens with one attached hydrogen (secondary N) is 1. The smallest absolute Gasteiger partial charge is 0.305 e. The third-order valence-corrected chi connectivity index (χ3v) is 3.50. The van der Waals surface area contributed by atoms with Crippen LogP contribution in [0.2, 0.25) is 0 Å². The predicted molar refractivity (Wildman–Crippen MR) is 104 cm³/mol. The van der Waals surface area contributed by atoms with Gasteiger partial charge < -0.3 is 20.5 Å². The number of nitrogens with two attached hydrogens (primary N) is 1. The molecule has 2 aromatic carbocycles. The lowest BCUT2D eigenvalue weighted by Gasteiger charge is -2.08. The number of benzene rings is 2. The minimum Gasteiger partial charge on any atom is -0.494 e. The number of nitrogen functional groups attached to an aromatic ring is 1. The van der Waals surface area contributed by atoms with E-state index in [1.165, 1.54) is 7.11 Å². The molecule has 0 aliphatic heterocycles. The van der Waals surface area contributed by atoms with Crippen LogP contribution in [0.1, 0.15) is 18.4 Å². The SMILES string of the molecule is COC(=O)CCCOc1ccc(NC(=O)Cc2ccc(N)cc2)cc1.Cl. The van der Waals surface area contributed by atoms with Crippen molar-refractivity contribution in [2.75, 3.05) is 24.8 Å². The third-order valence-electron chi connectivity index (χ3n) is 3.50. The van der Waals surface area contributed by atoms with Gasteiger partial charge in [0.05, 0.1) is 20.1 Å². The first kappa shape index (κ1) is 21.3. The average Bonchev–Trinajstić information content (AvgIpc) is 2.61. The second-order valence-electron chi connectivity index (χ2n) is 5.52. The van der Waals surface area contributed by atoms with Crippen LogP contribution in [0.15, 0.2) is 48.5 Å². The number of esters is 1. The molecule has 7 heteroatoms. The molecule has 140 valence electrons. The molecule has 0 heterocycles. The molecule has 2 aromatic rings. The molecule has 1 amide bonds. The topological polar surface area (TPSA) is 90.6 Å². The number of hydrogen-bond acceptors (Lipinski definition) is 5. The predicted octanol–water partition coefficient (Wildman–Crippen LogP) is 3.20. The van der Waals surface area contributed by atoms with E-state index in [-0.39, 0.29) is 30.7 Å². The number of rotatable bonds is 8. The van der Waals surface area contributed by atoms with Gasteiger partial charge in [0, 0.05) is 17.8 Å². The van der Waals surface area contributed by atoms with Crippen LogP contribution in [-0.2, 0) is 20.7 Å². The van der Waals surface area contributed by atoms with E-state index >= 15 is 0 Å². The van der Waals surface area contributed by atoms with Gasteiger partial charge in [-0.2, -0.15) is 0 Å². The number of methoxy groups -OCH3 is 1.